The van der Waals surface area contributed by atoms with Crippen LogP contribution in [0.1, 0.15) is 17.5 Å². The second kappa shape index (κ2) is 8.13. The number of piperazine rings is 1. The molecule has 142 valence electrons. The lowest BCUT2D eigenvalue weighted by atomic mass is 10.2. The molecule has 1 saturated heterocycles. The van der Waals surface area contributed by atoms with E-state index in [2.05, 4.69) is 14.9 Å². The van der Waals surface area contributed by atoms with Gasteiger partial charge in [0.25, 0.3) is 0 Å². The van der Waals surface area contributed by atoms with Crippen molar-refractivity contribution >= 4 is 19.9 Å². The molecule has 0 radical (unpaired) electrons. The van der Waals surface area contributed by atoms with Crippen molar-refractivity contribution in [3.63, 3.8) is 0 Å². The molecular weight excluding hydrogens is 362 g/mol. The van der Waals surface area contributed by atoms with E-state index in [1.54, 1.807) is 6.92 Å². The molecular formula is C16H27N3O4S2. The van der Waals surface area contributed by atoms with Crippen LogP contribution in [-0.4, -0.2) is 67.3 Å². The molecule has 0 aromatic heterocycles. The summed E-state index contributed by atoms with van der Waals surface area (Å²) in [4.78, 5) is 2.40. The number of hydrogen-bond acceptors (Lipinski definition) is 6. The SMILES string of the molecule is Cc1cc(S(C)(=O)=O)c(C)c(S(=O)(=O)NCCCN2CCNCC2)c1. The Kier molecular flexibility index (Phi) is 6.61. The third kappa shape index (κ3) is 5.49. The van der Waals surface area contributed by atoms with E-state index in [1.165, 1.54) is 19.1 Å². The Morgan fingerprint density at radius 1 is 1.08 bits per heavy atom. The Morgan fingerprint density at radius 2 is 1.68 bits per heavy atom. The van der Waals surface area contributed by atoms with Crippen molar-refractivity contribution in [3.05, 3.63) is 23.3 Å². The first-order valence-corrected chi connectivity index (χ1v) is 11.7. The van der Waals surface area contributed by atoms with Crippen molar-refractivity contribution in [3.8, 4) is 0 Å². The standard InChI is InChI=1S/C16H27N3O4S2/c1-13-11-15(24(3,20)21)14(2)16(12-13)25(22,23)18-5-4-8-19-9-6-17-7-10-19/h11-12,17-18H,4-10H2,1-3H3. The number of nitrogens with one attached hydrogen (secondary N) is 2. The predicted molar refractivity (Wildman–Crippen MR) is 98.1 cm³/mol. The molecule has 1 aromatic carbocycles. The topological polar surface area (TPSA) is 95.6 Å². The lowest BCUT2D eigenvalue weighted by Crippen LogP contribution is -2.44. The van der Waals surface area contributed by atoms with Gasteiger partial charge in [0.2, 0.25) is 10.0 Å². The third-order valence-electron chi connectivity index (χ3n) is 4.30. The minimum Gasteiger partial charge on any atom is -0.314 e. The van der Waals surface area contributed by atoms with Crippen LogP contribution in [0, 0.1) is 13.8 Å². The van der Waals surface area contributed by atoms with Gasteiger partial charge >= 0.3 is 0 Å². The van der Waals surface area contributed by atoms with Crippen molar-refractivity contribution in [2.45, 2.75) is 30.1 Å². The van der Waals surface area contributed by atoms with Crippen molar-refractivity contribution in [1.82, 2.24) is 14.9 Å². The van der Waals surface area contributed by atoms with Crippen LogP contribution in [0.3, 0.4) is 0 Å². The van der Waals surface area contributed by atoms with Gasteiger partial charge < -0.3 is 10.2 Å². The molecule has 0 aliphatic carbocycles. The van der Waals surface area contributed by atoms with Gasteiger partial charge in [0.15, 0.2) is 9.84 Å². The van der Waals surface area contributed by atoms with Crippen LogP contribution < -0.4 is 10.0 Å². The summed E-state index contributed by atoms with van der Waals surface area (Å²) in [7, 11) is -7.23. The molecule has 2 N–H and O–H groups in total. The molecule has 0 bridgehead atoms. The summed E-state index contributed by atoms with van der Waals surface area (Å²) in [6, 6.07) is 3.02. The van der Waals surface area contributed by atoms with Gasteiger partial charge in [-0.25, -0.2) is 21.6 Å². The van der Waals surface area contributed by atoms with Crippen LogP contribution in [-0.2, 0) is 19.9 Å². The number of nitrogens with zero attached hydrogens (tertiary/aromatic N) is 1. The van der Waals surface area contributed by atoms with Gasteiger partial charge in [0.1, 0.15) is 0 Å². The summed E-state index contributed by atoms with van der Waals surface area (Å²) in [6.45, 7) is 8.26. The van der Waals surface area contributed by atoms with E-state index < -0.39 is 19.9 Å². The van der Waals surface area contributed by atoms with Crippen molar-refractivity contribution in [1.29, 1.82) is 0 Å². The van der Waals surface area contributed by atoms with E-state index in [-0.39, 0.29) is 15.4 Å². The summed E-state index contributed by atoms with van der Waals surface area (Å²) < 4.78 is 51.6. The average molecular weight is 390 g/mol. The molecule has 0 unspecified atom stereocenters. The lowest BCUT2D eigenvalue weighted by Gasteiger charge is -2.27. The lowest BCUT2D eigenvalue weighted by molar-refractivity contribution is 0.239. The molecule has 0 amide bonds. The molecule has 7 nitrogen and oxygen atoms in total. The van der Waals surface area contributed by atoms with E-state index in [0.29, 0.717) is 18.5 Å². The number of benzene rings is 1. The molecule has 1 fully saturated rings. The quantitative estimate of drug-likeness (QED) is 0.651. The second-order valence-corrected chi connectivity index (χ2v) is 10.2. The zero-order valence-electron chi connectivity index (χ0n) is 15.0. The van der Waals surface area contributed by atoms with E-state index in [0.717, 1.165) is 39.0 Å². The van der Waals surface area contributed by atoms with Crippen LogP contribution in [0.4, 0.5) is 0 Å². The maximum atomic E-state index is 12.6. The largest absolute Gasteiger partial charge is 0.314 e. The highest BCUT2D eigenvalue weighted by molar-refractivity contribution is 7.91. The molecule has 1 aromatic rings. The number of sulfonamides is 1. The van der Waals surface area contributed by atoms with Gasteiger partial charge in [0, 0.05) is 39.0 Å². The summed E-state index contributed by atoms with van der Waals surface area (Å²) in [5, 5.41) is 3.28. The van der Waals surface area contributed by atoms with Gasteiger partial charge in [0.05, 0.1) is 9.79 Å². The van der Waals surface area contributed by atoms with Gasteiger partial charge in [-0.3, -0.25) is 0 Å². The first kappa shape index (κ1) is 20.3. The predicted octanol–water partition coefficient (Wildman–Crippen LogP) is 0.281. The second-order valence-electron chi connectivity index (χ2n) is 6.50. The van der Waals surface area contributed by atoms with Crippen LogP contribution in [0.2, 0.25) is 0 Å². The van der Waals surface area contributed by atoms with Crippen molar-refractivity contribution in [2.24, 2.45) is 0 Å². The molecule has 1 aliphatic rings. The van der Waals surface area contributed by atoms with Gasteiger partial charge in [-0.2, -0.15) is 0 Å². The zero-order chi connectivity index (χ0) is 18.7. The first-order chi connectivity index (χ1) is 11.6. The van der Waals surface area contributed by atoms with Crippen LogP contribution >= 0.6 is 0 Å². The van der Waals surface area contributed by atoms with Crippen molar-refractivity contribution < 1.29 is 16.8 Å². The molecule has 2 rings (SSSR count). The molecule has 0 saturated carbocycles. The minimum absolute atomic E-state index is 0.0371. The highest BCUT2D eigenvalue weighted by atomic mass is 32.2. The average Bonchev–Trinajstić information content (AvgIpc) is 2.53. The zero-order valence-corrected chi connectivity index (χ0v) is 16.6. The van der Waals surface area contributed by atoms with Crippen LogP contribution in [0.25, 0.3) is 0 Å². The molecule has 9 heteroatoms. The van der Waals surface area contributed by atoms with E-state index in [4.69, 9.17) is 0 Å². The van der Waals surface area contributed by atoms with Crippen molar-refractivity contribution in [2.75, 3.05) is 45.5 Å². The summed E-state index contributed by atoms with van der Waals surface area (Å²) in [5.74, 6) is 0. The van der Waals surface area contributed by atoms with E-state index in [9.17, 15) is 16.8 Å². The fourth-order valence-electron chi connectivity index (χ4n) is 2.98. The molecule has 1 aliphatic heterocycles. The van der Waals surface area contributed by atoms with E-state index >= 15 is 0 Å². The summed E-state index contributed by atoms with van der Waals surface area (Å²) in [6.07, 6.45) is 1.80. The molecule has 25 heavy (non-hydrogen) atoms. The fraction of sp³-hybridized carbons (Fsp3) is 0.625. The number of hydrogen-bond donors (Lipinski definition) is 2. The number of aryl methyl sites for hydroxylation is 1. The van der Waals surface area contributed by atoms with Gasteiger partial charge in [-0.1, -0.05) is 0 Å². The van der Waals surface area contributed by atoms with Crippen LogP contribution in [0.15, 0.2) is 21.9 Å². The normalized spacial score (nSPS) is 16.9. The minimum atomic E-state index is -3.74. The molecule has 0 spiro atoms. The third-order valence-corrected chi connectivity index (χ3v) is 7.11. The summed E-state index contributed by atoms with van der Waals surface area (Å²) >= 11 is 0. The number of rotatable bonds is 7. The monoisotopic (exact) mass is 389 g/mol. The molecule has 1 heterocycles. The highest BCUT2D eigenvalue weighted by Crippen LogP contribution is 2.24. The van der Waals surface area contributed by atoms with Gasteiger partial charge in [-0.15, -0.1) is 0 Å². The fourth-order valence-corrected chi connectivity index (χ4v) is 5.53. The van der Waals surface area contributed by atoms with Crippen LogP contribution in [0.5, 0.6) is 0 Å². The van der Waals surface area contributed by atoms with E-state index in [1.807, 2.05) is 0 Å². The van der Waals surface area contributed by atoms with Gasteiger partial charge in [-0.05, 0) is 50.1 Å². The maximum absolute atomic E-state index is 12.6. The highest BCUT2D eigenvalue weighted by Gasteiger charge is 2.22. The Hall–Kier alpha value is -1.00. The number of sulfone groups is 1. The maximum Gasteiger partial charge on any atom is 0.240 e. The Bertz CT molecular complexity index is 814. The summed E-state index contributed by atoms with van der Waals surface area (Å²) in [5.41, 5.74) is 0.870. The Morgan fingerprint density at radius 3 is 2.28 bits per heavy atom. The molecule has 0 atom stereocenters. The first-order valence-electron chi connectivity index (χ1n) is 8.35. The Balaban J connectivity index is 2.07. The Labute approximate surface area is 150 Å². The smallest absolute Gasteiger partial charge is 0.240 e.